The third-order valence-corrected chi connectivity index (χ3v) is 5.64. The first-order chi connectivity index (χ1) is 12.5. The molecule has 2 aromatic rings. The molecule has 1 amide bonds. The van der Waals surface area contributed by atoms with E-state index in [0.29, 0.717) is 24.3 Å². The number of rotatable bonds is 8. The van der Waals surface area contributed by atoms with Gasteiger partial charge >= 0.3 is 0 Å². The van der Waals surface area contributed by atoms with Gasteiger partial charge in [0.15, 0.2) is 21.3 Å². The lowest BCUT2D eigenvalue weighted by Crippen LogP contribution is -2.29. The van der Waals surface area contributed by atoms with Gasteiger partial charge in [-0.15, -0.1) is 0 Å². The molecule has 0 fully saturated rings. The Balaban J connectivity index is 1.40. The van der Waals surface area contributed by atoms with Gasteiger partial charge in [0.2, 0.25) is 12.7 Å². The molecule has 0 saturated carbocycles. The Kier molecular flexibility index (Phi) is 5.78. The number of hydrogen-bond acceptors (Lipinski definition) is 5. The topological polar surface area (TPSA) is 81.7 Å². The summed E-state index contributed by atoms with van der Waals surface area (Å²) in [4.78, 5) is 11.9. The van der Waals surface area contributed by atoms with Crippen LogP contribution in [-0.4, -0.2) is 33.4 Å². The summed E-state index contributed by atoms with van der Waals surface area (Å²) in [5.41, 5.74) is 1.72. The van der Waals surface area contributed by atoms with Crippen molar-refractivity contribution in [2.24, 2.45) is 0 Å². The number of fused-ring (bicyclic) bond motifs is 1. The van der Waals surface area contributed by atoms with Crippen molar-refractivity contribution in [1.82, 2.24) is 5.32 Å². The average Bonchev–Trinajstić information content (AvgIpc) is 3.08. The molecule has 7 heteroatoms. The fourth-order valence-corrected chi connectivity index (χ4v) is 3.95. The van der Waals surface area contributed by atoms with Crippen LogP contribution in [0, 0.1) is 0 Å². The van der Waals surface area contributed by atoms with Gasteiger partial charge in [0.1, 0.15) is 0 Å². The second kappa shape index (κ2) is 8.23. The number of sulfone groups is 1. The highest BCUT2D eigenvalue weighted by Gasteiger charge is 2.14. The average molecular weight is 375 g/mol. The van der Waals surface area contributed by atoms with Crippen LogP contribution in [0.15, 0.2) is 48.5 Å². The first-order valence-electron chi connectivity index (χ1n) is 8.41. The number of carbonyl (C=O) groups excluding carboxylic acids is 1. The van der Waals surface area contributed by atoms with E-state index >= 15 is 0 Å². The van der Waals surface area contributed by atoms with Crippen LogP contribution < -0.4 is 14.8 Å². The second-order valence-corrected chi connectivity index (χ2v) is 8.30. The van der Waals surface area contributed by atoms with E-state index in [1.165, 1.54) is 0 Å². The van der Waals surface area contributed by atoms with E-state index in [0.717, 1.165) is 11.1 Å². The van der Waals surface area contributed by atoms with E-state index in [2.05, 4.69) is 5.32 Å². The van der Waals surface area contributed by atoms with E-state index in [1.807, 2.05) is 36.4 Å². The maximum Gasteiger partial charge on any atom is 0.231 e. The normalized spacial score (nSPS) is 12.8. The predicted octanol–water partition coefficient (Wildman–Crippen LogP) is 2.08. The zero-order valence-electron chi connectivity index (χ0n) is 14.3. The Morgan fingerprint density at radius 1 is 1.00 bits per heavy atom. The minimum Gasteiger partial charge on any atom is -0.454 e. The van der Waals surface area contributed by atoms with Crippen LogP contribution in [0.5, 0.6) is 11.5 Å². The number of nitrogens with one attached hydrogen (secondary N) is 1. The maximum atomic E-state index is 12.1. The smallest absolute Gasteiger partial charge is 0.231 e. The molecule has 0 aliphatic carbocycles. The van der Waals surface area contributed by atoms with Crippen LogP contribution in [0.1, 0.15) is 17.5 Å². The van der Waals surface area contributed by atoms with Gasteiger partial charge < -0.3 is 14.8 Å². The van der Waals surface area contributed by atoms with Gasteiger partial charge in [0.25, 0.3) is 0 Å². The molecule has 0 unspecified atom stereocenters. The molecule has 0 saturated heterocycles. The highest BCUT2D eigenvalue weighted by atomic mass is 32.2. The van der Waals surface area contributed by atoms with Crippen molar-refractivity contribution in [2.45, 2.75) is 18.6 Å². The Hall–Kier alpha value is -2.54. The third kappa shape index (κ3) is 5.23. The van der Waals surface area contributed by atoms with Gasteiger partial charge in [-0.25, -0.2) is 8.42 Å². The van der Waals surface area contributed by atoms with E-state index in [-0.39, 0.29) is 30.8 Å². The summed E-state index contributed by atoms with van der Waals surface area (Å²) >= 11 is 0. The molecule has 6 nitrogen and oxygen atoms in total. The molecule has 1 aliphatic rings. The molecule has 0 bridgehead atoms. The SMILES string of the molecule is O=C(CCc1ccc2c(c1)OCO2)NCCS(=O)(=O)Cc1ccccc1. The number of aryl methyl sites for hydroxylation is 1. The molecule has 0 spiro atoms. The largest absolute Gasteiger partial charge is 0.454 e. The van der Waals surface area contributed by atoms with Gasteiger partial charge in [-0.1, -0.05) is 36.4 Å². The molecule has 0 aromatic heterocycles. The van der Waals surface area contributed by atoms with Gasteiger partial charge in [0, 0.05) is 13.0 Å². The Bertz CT molecular complexity index is 865. The molecule has 2 aromatic carbocycles. The second-order valence-electron chi connectivity index (χ2n) is 6.12. The number of ether oxygens (including phenoxy) is 2. The minimum absolute atomic E-state index is 0.0130. The quantitative estimate of drug-likeness (QED) is 0.764. The molecule has 1 heterocycles. The standard InChI is InChI=1S/C19H21NO5S/c21-19(9-7-15-6-8-17-18(12-15)25-14-24-17)20-10-11-26(22,23)13-16-4-2-1-3-5-16/h1-6,8,12H,7,9-11,13-14H2,(H,20,21). The number of benzene rings is 2. The van der Waals surface area contributed by atoms with Crippen molar-refractivity contribution in [3.05, 3.63) is 59.7 Å². The molecule has 1 aliphatic heterocycles. The lowest BCUT2D eigenvalue weighted by atomic mass is 10.1. The first kappa shape index (κ1) is 18.3. The lowest BCUT2D eigenvalue weighted by Gasteiger charge is -2.07. The number of carbonyl (C=O) groups is 1. The van der Waals surface area contributed by atoms with Crippen molar-refractivity contribution in [3.8, 4) is 11.5 Å². The summed E-state index contributed by atoms with van der Waals surface area (Å²) in [5.74, 6) is 1.15. The van der Waals surface area contributed by atoms with Crippen molar-refractivity contribution in [2.75, 3.05) is 19.1 Å². The van der Waals surface area contributed by atoms with Crippen LogP contribution in [0.2, 0.25) is 0 Å². The van der Waals surface area contributed by atoms with E-state index in [9.17, 15) is 13.2 Å². The number of hydrogen-bond donors (Lipinski definition) is 1. The molecule has 1 N–H and O–H groups in total. The highest BCUT2D eigenvalue weighted by molar-refractivity contribution is 7.90. The zero-order chi connectivity index (χ0) is 18.4. The molecule has 0 radical (unpaired) electrons. The van der Waals surface area contributed by atoms with Gasteiger partial charge in [-0.05, 0) is 29.7 Å². The monoisotopic (exact) mass is 375 g/mol. The van der Waals surface area contributed by atoms with Gasteiger partial charge in [-0.3, -0.25) is 4.79 Å². The summed E-state index contributed by atoms with van der Waals surface area (Å²) in [5, 5.41) is 2.67. The van der Waals surface area contributed by atoms with Crippen molar-refractivity contribution in [1.29, 1.82) is 0 Å². The Labute approximate surface area is 153 Å². The maximum absolute atomic E-state index is 12.1. The lowest BCUT2D eigenvalue weighted by molar-refractivity contribution is -0.120. The third-order valence-electron chi connectivity index (χ3n) is 4.04. The molecule has 0 atom stereocenters. The summed E-state index contributed by atoms with van der Waals surface area (Å²) in [6, 6.07) is 14.6. The van der Waals surface area contributed by atoms with Crippen molar-refractivity contribution >= 4 is 15.7 Å². The molecular weight excluding hydrogens is 354 g/mol. The summed E-state index contributed by atoms with van der Waals surface area (Å²) in [7, 11) is -3.25. The zero-order valence-corrected chi connectivity index (χ0v) is 15.1. The van der Waals surface area contributed by atoms with E-state index in [4.69, 9.17) is 9.47 Å². The van der Waals surface area contributed by atoms with Crippen LogP contribution >= 0.6 is 0 Å². The number of amides is 1. The Morgan fingerprint density at radius 2 is 1.77 bits per heavy atom. The summed E-state index contributed by atoms with van der Waals surface area (Å²) < 4.78 is 34.7. The molecular formula is C19H21NO5S. The summed E-state index contributed by atoms with van der Waals surface area (Å²) in [6.45, 7) is 0.339. The minimum atomic E-state index is -3.25. The van der Waals surface area contributed by atoms with Gasteiger partial charge in [-0.2, -0.15) is 0 Å². The highest BCUT2D eigenvalue weighted by Crippen LogP contribution is 2.32. The fourth-order valence-electron chi connectivity index (χ4n) is 2.69. The Morgan fingerprint density at radius 3 is 2.58 bits per heavy atom. The van der Waals surface area contributed by atoms with E-state index < -0.39 is 9.84 Å². The summed E-state index contributed by atoms with van der Waals surface area (Å²) in [6.07, 6.45) is 0.845. The van der Waals surface area contributed by atoms with Crippen LogP contribution in [-0.2, 0) is 26.8 Å². The first-order valence-corrected chi connectivity index (χ1v) is 10.2. The fraction of sp³-hybridized carbons (Fsp3) is 0.316. The van der Waals surface area contributed by atoms with Crippen LogP contribution in [0.3, 0.4) is 0 Å². The van der Waals surface area contributed by atoms with Crippen LogP contribution in [0.4, 0.5) is 0 Å². The van der Waals surface area contributed by atoms with Crippen molar-refractivity contribution < 1.29 is 22.7 Å². The molecule has 26 heavy (non-hydrogen) atoms. The van der Waals surface area contributed by atoms with Crippen molar-refractivity contribution in [3.63, 3.8) is 0 Å². The van der Waals surface area contributed by atoms with Crippen LogP contribution in [0.25, 0.3) is 0 Å². The molecule has 138 valence electrons. The molecule has 3 rings (SSSR count). The van der Waals surface area contributed by atoms with Gasteiger partial charge in [0.05, 0.1) is 11.5 Å². The predicted molar refractivity (Wildman–Crippen MR) is 97.8 cm³/mol. The van der Waals surface area contributed by atoms with E-state index in [1.54, 1.807) is 12.1 Å².